The number of aliphatic hydroxyl groups is 1. The zero-order chi connectivity index (χ0) is 16.7. The van der Waals surface area contributed by atoms with Gasteiger partial charge >= 0.3 is 0 Å². The summed E-state index contributed by atoms with van der Waals surface area (Å²) in [6, 6.07) is 0. The van der Waals surface area contributed by atoms with Crippen LogP contribution in [0.4, 0.5) is 0 Å². The number of aliphatic hydroxyl groups excluding tert-OH is 1. The SMILES string of the molecule is CCOC[C@H](O)CN1CCN(C(=O)C[C@@H]2CCC[C@@H](C)C2)CC1. The van der Waals surface area contributed by atoms with Crippen LogP contribution in [0.2, 0.25) is 0 Å². The summed E-state index contributed by atoms with van der Waals surface area (Å²) in [7, 11) is 0. The number of β-amino-alcohol motifs (C(OH)–C–C–N with tert-alkyl or cyclic N) is 1. The molecule has 1 saturated heterocycles. The topological polar surface area (TPSA) is 53.0 Å². The van der Waals surface area contributed by atoms with E-state index in [4.69, 9.17) is 4.74 Å². The lowest BCUT2D eigenvalue weighted by molar-refractivity contribution is -0.134. The Morgan fingerprint density at radius 2 is 2.00 bits per heavy atom. The number of hydrogen-bond donors (Lipinski definition) is 1. The first-order valence-electron chi connectivity index (χ1n) is 9.34. The van der Waals surface area contributed by atoms with Gasteiger partial charge in [-0.15, -0.1) is 0 Å². The van der Waals surface area contributed by atoms with Crippen LogP contribution in [-0.4, -0.2) is 72.9 Å². The average molecular weight is 326 g/mol. The molecule has 1 aliphatic carbocycles. The lowest BCUT2D eigenvalue weighted by atomic mass is 9.80. The van der Waals surface area contributed by atoms with Gasteiger partial charge in [-0.1, -0.05) is 19.8 Å². The van der Waals surface area contributed by atoms with Gasteiger partial charge in [-0.05, 0) is 31.6 Å². The van der Waals surface area contributed by atoms with Crippen LogP contribution in [-0.2, 0) is 9.53 Å². The summed E-state index contributed by atoms with van der Waals surface area (Å²) >= 11 is 0. The fourth-order valence-electron chi connectivity index (χ4n) is 3.91. The Morgan fingerprint density at radius 3 is 2.65 bits per heavy atom. The second kappa shape index (κ2) is 9.60. The van der Waals surface area contributed by atoms with E-state index in [0.717, 1.165) is 38.5 Å². The van der Waals surface area contributed by atoms with Crippen LogP contribution in [0, 0.1) is 11.8 Å². The smallest absolute Gasteiger partial charge is 0.222 e. The van der Waals surface area contributed by atoms with Crippen molar-refractivity contribution in [1.82, 2.24) is 9.80 Å². The van der Waals surface area contributed by atoms with Crippen molar-refractivity contribution in [2.75, 3.05) is 45.9 Å². The molecule has 5 heteroatoms. The minimum absolute atomic E-state index is 0.332. The van der Waals surface area contributed by atoms with Crippen molar-refractivity contribution < 1.29 is 14.6 Å². The maximum absolute atomic E-state index is 12.5. The summed E-state index contributed by atoms with van der Waals surface area (Å²) in [5.41, 5.74) is 0. The van der Waals surface area contributed by atoms with Gasteiger partial charge in [0.1, 0.15) is 0 Å². The van der Waals surface area contributed by atoms with E-state index < -0.39 is 6.10 Å². The summed E-state index contributed by atoms with van der Waals surface area (Å²) in [5.74, 6) is 1.71. The van der Waals surface area contributed by atoms with Crippen molar-refractivity contribution in [1.29, 1.82) is 0 Å². The summed E-state index contributed by atoms with van der Waals surface area (Å²) in [6.07, 6.45) is 5.35. The third-order valence-corrected chi connectivity index (χ3v) is 5.22. The van der Waals surface area contributed by atoms with Crippen molar-refractivity contribution in [3.05, 3.63) is 0 Å². The van der Waals surface area contributed by atoms with Gasteiger partial charge in [0, 0.05) is 45.8 Å². The highest BCUT2D eigenvalue weighted by Crippen LogP contribution is 2.31. The van der Waals surface area contributed by atoms with Gasteiger partial charge in [-0.25, -0.2) is 0 Å². The Bertz CT molecular complexity index is 356. The predicted molar refractivity (Wildman–Crippen MR) is 91.3 cm³/mol. The molecule has 0 aromatic heterocycles. The minimum Gasteiger partial charge on any atom is -0.389 e. The molecule has 2 fully saturated rings. The summed E-state index contributed by atoms with van der Waals surface area (Å²) in [4.78, 5) is 16.7. The highest BCUT2D eigenvalue weighted by atomic mass is 16.5. The monoisotopic (exact) mass is 326 g/mol. The molecule has 2 rings (SSSR count). The Labute approximate surface area is 141 Å². The Morgan fingerprint density at radius 1 is 1.26 bits per heavy atom. The molecule has 134 valence electrons. The maximum Gasteiger partial charge on any atom is 0.222 e. The molecular weight excluding hydrogens is 292 g/mol. The Balaban J connectivity index is 1.66. The maximum atomic E-state index is 12.5. The Hall–Kier alpha value is -0.650. The minimum atomic E-state index is -0.430. The molecule has 1 aliphatic heterocycles. The zero-order valence-electron chi connectivity index (χ0n) is 14.9. The second-order valence-electron chi connectivity index (χ2n) is 7.34. The van der Waals surface area contributed by atoms with Crippen LogP contribution in [0.3, 0.4) is 0 Å². The van der Waals surface area contributed by atoms with Gasteiger partial charge in [0.25, 0.3) is 0 Å². The van der Waals surface area contributed by atoms with Gasteiger partial charge in [0.15, 0.2) is 0 Å². The van der Waals surface area contributed by atoms with E-state index in [9.17, 15) is 9.90 Å². The molecule has 23 heavy (non-hydrogen) atoms. The van der Waals surface area contributed by atoms with Gasteiger partial charge < -0.3 is 14.7 Å². The molecule has 0 unspecified atom stereocenters. The number of carbonyl (C=O) groups is 1. The molecule has 0 radical (unpaired) electrons. The molecule has 0 aromatic carbocycles. The van der Waals surface area contributed by atoms with Crippen molar-refractivity contribution in [3.63, 3.8) is 0 Å². The van der Waals surface area contributed by atoms with Gasteiger partial charge in [0.05, 0.1) is 12.7 Å². The highest BCUT2D eigenvalue weighted by molar-refractivity contribution is 5.76. The standard InChI is InChI=1S/C18H34N2O3/c1-3-23-14-17(21)13-19-7-9-20(10-8-19)18(22)12-16-6-4-5-15(2)11-16/h15-17,21H,3-14H2,1-2H3/t15-,16-,17-/m1/s1. The summed E-state index contributed by atoms with van der Waals surface area (Å²) < 4.78 is 5.25. The van der Waals surface area contributed by atoms with Crippen LogP contribution in [0.15, 0.2) is 0 Å². The molecule has 3 atom stereocenters. The van der Waals surface area contributed by atoms with E-state index >= 15 is 0 Å². The van der Waals surface area contributed by atoms with Crippen molar-refractivity contribution in [2.24, 2.45) is 11.8 Å². The van der Waals surface area contributed by atoms with Crippen LogP contribution in [0.5, 0.6) is 0 Å². The first-order chi connectivity index (χ1) is 11.1. The highest BCUT2D eigenvalue weighted by Gasteiger charge is 2.26. The van der Waals surface area contributed by atoms with Crippen LogP contribution in [0.1, 0.15) is 46.0 Å². The second-order valence-corrected chi connectivity index (χ2v) is 7.34. The lowest BCUT2D eigenvalue weighted by Crippen LogP contribution is -2.51. The van der Waals surface area contributed by atoms with Crippen LogP contribution in [0.25, 0.3) is 0 Å². The van der Waals surface area contributed by atoms with Crippen LogP contribution < -0.4 is 0 Å². The van der Waals surface area contributed by atoms with E-state index in [0.29, 0.717) is 31.6 Å². The summed E-state index contributed by atoms with van der Waals surface area (Å²) in [6.45, 7) is 9.22. The van der Waals surface area contributed by atoms with Gasteiger partial charge in [0.2, 0.25) is 5.91 Å². The van der Waals surface area contributed by atoms with Gasteiger partial charge in [-0.2, -0.15) is 0 Å². The van der Waals surface area contributed by atoms with Crippen molar-refractivity contribution >= 4 is 5.91 Å². The third kappa shape index (κ3) is 6.40. The number of carbonyl (C=O) groups excluding carboxylic acids is 1. The molecule has 2 aliphatic rings. The number of amides is 1. The largest absolute Gasteiger partial charge is 0.389 e. The molecule has 1 N–H and O–H groups in total. The predicted octanol–water partition coefficient (Wildman–Crippen LogP) is 1.74. The average Bonchev–Trinajstić information content (AvgIpc) is 2.53. The van der Waals surface area contributed by atoms with Crippen LogP contribution >= 0.6 is 0 Å². The molecular formula is C18H34N2O3. The number of ether oxygens (including phenoxy) is 1. The number of hydrogen-bond acceptors (Lipinski definition) is 4. The Kier molecular flexibility index (Phi) is 7.80. The fourth-order valence-corrected chi connectivity index (χ4v) is 3.91. The molecule has 1 saturated carbocycles. The normalized spacial score (nSPS) is 27.9. The van der Waals surface area contributed by atoms with E-state index in [-0.39, 0.29) is 0 Å². The first-order valence-corrected chi connectivity index (χ1v) is 9.34. The van der Waals surface area contributed by atoms with Gasteiger partial charge in [-0.3, -0.25) is 9.69 Å². The molecule has 0 spiro atoms. The molecule has 5 nitrogen and oxygen atoms in total. The molecule has 1 heterocycles. The van der Waals surface area contributed by atoms with E-state index in [1.807, 2.05) is 11.8 Å². The molecule has 1 amide bonds. The zero-order valence-corrected chi connectivity index (χ0v) is 14.9. The summed E-state index contributed by atoms with van der Waals surface area (Å²) in [5, 5.41) is 9.90. The van der Waals surface area contributed by atoms with E-state index in [1.54, 1.807) is 0 Å². The third-order valence-electron chi connectivity index (χ3n) is 5.22. The quantitative estimate of drug-likeness (QED) is 0.774. The molecule has 0 bridgehead atoms. The number of rotatable bonds is 7. The first kappa shape index (κ1) is 18.7. The lowest BCUT2D eigenvalue weighted by Gasteiger charge is -2.36. The number of nitrogens with zero attached hydrogens (tertiary/aromatic N) is 2. The van der Waals surface area contributed by atoms with Crippen molar-refractivity contribution in [2.45, 2.75) is 52.1 Å². The van der Waals surface area contributed by atoms with E-state index in [2.05, 4.69) is 11.8 Å². The fraction of sp³-hybridized carbons (Fsp3) is 0.944. The van der Waals surface area contributed by atoms with Crippen molar-refractivity contribution in [3.8, 4) is 0 Å². The number of piperazine rings is 1. The van der Waals surface area contributed by atoms with E-state index in [1.165, 1.54) is 25.7 Å². The molecule has 0 aromatic rings.